The highest BCUT2D eigenvalue weighted by Gasteiger charge is 2.14. The minimum absolute atomic E-state index is 0.00797. The van der Waals surface area contributed by atoms with Gasteiger partial charge in [0.05, 0.1) is 13.2 Å². The summed E-state index contributed by atoms with van der Waals surface area (Å²) in [6.45, 7) is 6.26. The predicted molar refractivity (Wildman–Crippen MR) is 65.6 cm³/mol. The molecular formula is C13H19NO2. The van der Waals surface area contributed by atoms with Crippen molar-refractivity contribution in [2.24, 2.45) is 0 Å². The normalized spacial score (nSPS) is 14.2. The third kappa shape index (κ3) is 3.36. The fourth-order valence-corrected chi connectivity index (χ4v) is 1.47. The van der Waals surface area contributed by atoms with Gasteiger partial charge in [0.2, 0.25) is 0 Å². The summed E-state index contributed by atoms with van der Waals surface area (Å²) in [6.07, 6.45) is 1.25. The second-order valence-electron chi connectivity index (χ2n) is 3.70. The van der Waals surface area contributed by atoms with E-state index in [-0.39, 0.29) is 6.04 Å². The van der Waals surface area contributed by atoms with E-state index in [4.69, 9.17) is 4.74 Å². The third-order valence-corrected chi connectivity index (χ3v) is 2.52. The van der Waals surface area contributed by atoms with Crippen molar-refractivity contribution in [2.45, 2.75) is 19.1 Å². The van der Waals surface area contributed by atoms with Crippen LogP contribution in [0, 0.1) is 0 Å². The number of nitrogens with one attached hydrogen (secondary N) is 1. The number of hydrogen-bond donors (Lipinski definition) is 2. The number of aliphatic hydroxyl groups is 1. The molecule has 0 bridgehead atoms. The summed E-state index contributed by atoms with van der Waals surface area (Å²) in [5, 5.41) is 13.2. The summed E-state index contributed by atoms with van der Waals surface area (Å²) in [4.78, 5) is 0. The molecular weight excluding hydrogens is 202 g/mol. The molecule has 88 valence electrons. The lowest BCUT2D eigenvalue weighted by atomic mass is 10.0. The molecule has 0 fully saturated rings. The summed E-state index contributed by atoms with van der Waals surface area (Å²) < 4.78 is 5.06. The maximum atomic E-state index is 10.0. The van der Waals surface area contributed by atoms with Crippen LogP contribution in [0.4, 0.5) is 0 Å². The first-order valence-corrected chi connectivity index (χ1v) is 5.35. The average molecular weight is 221 g/mol. The van der Waals surface area contributed by atoms with Crippen LogP contribution in [-0.2, 0) is 0 Å². The summed E-state index contributed by atoms with van der Waals surface area (Å²) >= 11 is 0. The van der Waals surface area contributed by atoms with Crippen molar-refractivity contribution in [3.8, 4) is 5.75 Å². The van der Waals surface area contributed by atoms with Crippen LogP contribution in [-0.4, -0.2) is 24.8 Å². The average Bonchev–Trinajstić information content (AvgIpc) is 2.35. The zero-order valence-electron chi connectivity index (χ0n) is 9.81. The van der Waals surface area contributed by atoms with Crippen LogP contribution in [0.25, 0.3) is 0 Å². The van der Waals surface area contributed by atoms with Crippen molar-refractivity contribution in [1.82, 2.24) is 5.32 Å². The smallest absolute Gasteiger partial charge is 0.118 e. The second kappa shape index (κ2) is 6.30. The maximum Gasteiger partial charge on any atom is 0.118 e. The van der Waals surface area contributed by atoms with E-state index in [2.05, 4.69) is 11.9 Å². The van der Waals surface area contributed by atoms with Gasteiger partial charge in [-0.25, -0.2) is 0 Å². The van der Waals surface area contributed by atoms with E-state index in [1.807, 2.05) is 31.2 Å². The monoisotopic (exact) mass is 221 g/mol. The Bertz CT molecular complexity index is 321. The molecule has 1 aromatic carbocycles. The molecule has 0 aliphatic carbocycles. The molecule has 0 heterocycles. The lowest BCUT2D eigenvalue weighted by Gasteiger charge is -2.20. The maximum absolute atomic E-state index is 10.0. The van der Waals surface area contributed by atoms with Crippen molar-refractivity contribution in [3.63, 3.8) is 0 Å². The van der Waals surface area contributed by atoms with Gasteiger partial charge in [0.25, 0.3) is 0 Å². The Labute approximate surface area is 96.8 Å². The molecule has 0 aliphatic rings. The second-order valence-corrected chi connectivity index (χ2v) is 3.70. The van der Waals surface area contributed by atoms with Crippen LogP contribution in [0.1, 0.15) is 18.6 Å². The number of ether oxygens (including phenoxy) is 1. The van der Waals surface area contributed by atoms with E-state index >= 15 is 0 Å². The molecule has 1 rings (SSSR count). The van der Waals surface area contributed by atoms with Gasteiger partial charge in [-0.05, 0) is 24.6 Å². The molecule has 0 aliphatic heterocycles. The molecule has 0 aromatic heterocycles. The van der Waals surface area contributed by atoms with Crippen LogP contribution >= 0.6 is 0 Å². The molecule has 2 N–H and O–H groups in total. The van der Waals surface area contributed by atoms with Crippen LogP contribution in [0.3, 0.4) is 0 Å². The van der Waals surface area contributed by atoms with Gasteiger partial charge in [0, 0.05) is 12.6 Å². The Hall–Kier alpha value is -1.32. The Morgan fingerprint density at radius 3 is 2.56 bits per heavy atom. The van der Waals surface area contributed by atoms with Crippen LogP contribution < -0.4 is 10.1 Å². The fourth-order valence-electron chi connectivity index (χ4n) is 1.47. The lowest BCUT2D eigenvalue weighted by molar-refractivity contribution is 0.138. The van der Waals surface area contributed by atoms with Crippen molar-refractivity contribution < 1.29 is 9.84 Å². The van der Waals surface area contributed by atoms with Crippen LogP contribution in [0.5, 0.6) is 5.75 Å². The highest BCUT2D eigenvalue weighted by molar-refractivity contribution is 5.28. The Morgan fingerprint density at radius 2 is 2.06 bits per heavy atom. The fraction of sp³-hybridized carbons (Fsp3) is 0.385. The summed E-state index contributed by atoms with van der Waals surface area (Å²) in [7, 11) is 1.62. The van der Waals surface area contributed by atoms with Crippen LogP contribution in [0.2, 0.25) is 0 Å². The van der Waals surface area contributed by atoms with E-state index in [0.29, 0.717) is 6.54 Å². The van der Waals surface area contributed by atoms with E-state index < -0.39 is 6.10 Å². The van der Waals surface area contributed by atoms with Gasteiger partial charge in [0.15, 0.2) is 0 Å². The Kier molecular flexibility index (Phi) is 5.02. The zero-order chi connectivity index (χ0) is 12.0. The van der Waals surface area contributed by atoms with Gasteiger partial charge in [-0.3, -0.25) is 0 Å². The molecule has 0 radical (unpaired) electrons. The van der Waals surface area contributed by atoms with Crippen LogP contribution in [0.15, 0.2) is 36.9 Å². The van der Waals surface area contributed by atoms with Crippen molar-refractivity contribution in [1.29, 1.82) is 0 Å². The summed E-state index contributed by atoms with van der Waals surface area (Å²) in [6, 6.07) is 7.43. The highest BCUT2D eigenvalue weighted by atomic mass is 16.5. The minimum Gasteiger partial charge on any atom is -0.497 e. The SMILES string of the molecule is C=CCNC(C)C(O)c1ccc(OC)cc1. The predicted octanol–water partition coefficient (Wildman–Crippen LogP) is 1.89. The van der Waals surface area contributed by atoms with E-state index in [9.17, 15) is 5.11 Å². The number of hydrogen-bond acceptors (Lipinski definition) is 3. The first-order chi connectivity index (χ1) is 7.69. The Balaban J connectivity index is 2.63. The van der Waals surface area contributed by atoms with Gasteiger partial charge in [-0.1, -0.05) is 18.2 Å². The topological polar surface area (TPSA) is 41.5 Å². The molecule has 2 atom stereocenters. The molecule has 16 heavy (non-hydrogen) atoms. The Morgan fingerprint density at radius 1 is 1.44 bits per heavy atom. The molecule has 3 heteroatoms. The van der Waals surface area contributed by atoms with E-state index in [0.717, 1.165) is 11.3 Å². The van der Waals surface area contributed by atoms with Gasteiger partial charge >= 0.3 is 0 Å². The first-order valence-electron chi connectivity index (χ1n) is 5.35. The largest absolute Gasteiger partial charge is 0.497 e. The molecule has 0 amide bonds. The van der Waals surface area contributed by atoms with Gasteiger partial charge in [0.1, 0.15) is 5.75 Å². The standard InChI is InChI=1S/C13H19NO2/c1-4-9-14-10(2)13(15)11-5-7-12(16-3)8-6-11/h4-8,10,13-15H,1,9H2,2-3H3. The molecule has 0 saturated heterocycles. The van der Waals surface area contributed by atoms with Gasteiger partial charge in [-0.2, -0.15) is 0 Å². The number of methoxy groups -OCH3 is 1. The third-order valence-electron chi connectivity index (χ3n) is 2.52. The molecule has 0 spiro atoms. The van der Waals surface area contributed by atoms with Crippen molar-refractivity contribution in [3.05, 3.63) is 42.5 Å². The lowest BCUT2D eigenvalue weighted by Crippen LogP contribution is -2.32. The van der Waals surface area contributed by atoms with E-state index in [1.54, 1.807) is 13.2 Å². The first kappa shape index (κ1) is 12.7. The quantitative estimate of drug-likeness (QED) is 0.721. The molecule has 2 unspecified atom stereocenters. The van der Waals surface area contributed by atoms with Gasteiger partial charge in [-0.15, -0.1) is 6.58 Å². The molecule has 3 nitrogen and oxygen atoms in total. The zero-order valence-corrected chi connectivity index (χ0v) is 9.81. The summed E-state index contributed by atoms with van der Waals surface area (Å²) in [5.41, 5.74) is 0.880. The number of aliphatic hydroxyl groups excluding tert-OH is 1. The molecule has 1 aromatic rings. The number of rotatable bonds is 6. The number of benzene rings is 1. The van der Waals surface area contributed by atoms with Gasteiger partial charge < -0.3 is 15.2 Å². The minimum atomic E-state index is -0.522. The summed E-state index contributed by atoms with van der Waals surface area (Å²) in [5.74, 6) is 0.794. The van der Waals surface area contributed by atoms with Crippen molar-refractivity contribution in [2.75, 3.05) is 13.7 Å². The molecule has 0 saturated carbocycles. The van der Waals surface area contributed by atoms with Crippen molar-refractivity contribution >= 4 is 0 Å². The van der Waals surface area contributed by atoms with E-state index in [1.165, 1.54) is 0 Å². The highest BCUT2D eigenvalue weighted by Crippen LogP contribution is 2.19.